The fraction of sp³-hybridized carbons (Fsp3) is 0.286. The van der Waals surface area contributed by atoms with Gasteiger partial charge >= 0.3 is 0 Å². The zero-order chi connectivity index (χ0) is 13.8. The van der Waals surface area contributed by atoms with Crippen LogP contribution in [-0.4, -0.2) is 33.0 Å². The van der Waals surface area contributed by atoms with Gasteiger partial charge < -0.3 is 4.90 Å². The highest BCUT2D eigenvalue weighted by Crippen LogP contribution is 2.10. The van der Waals surface area contributed by atoms with Crippen molar-refractivity contribution in [3.8, 4) is 5.69 Å². The Morgan fingerprint density at radius 1 is 1.42 bits per heavy atom. The van der Waals surface area contributed by atoms with Crippen LogP contribution in [0.2, 0.25) is 0 Å². The maximum absolute atomic E-state index is 11.7. The second kappa shape index (κ2) is 5.89. The Morgan fingerprint density at radius 3 is 2.74 bits per heavy atom. The Morgan fingerprint density at radius 2 is 2.11 bits per heavy atom. The van der Waals surface area contributed by atoms with Crippen LogP contribution in [0.4, 0.5) is 0 Å². The molecule has 2 rings (SSSR count). The van der Waals surface area contributed by atoms with Crippen LogP contribution in [0.5, 0.6) is 0 Å². The molecule has 1 aromatic heterocycles. The number of carbonyl (C=O) groups is 1. The maximum atomic E-state index is 11.7. The minimum Gasteiger partial charge on any atom is -0.340 e. The molecule has 1 atom stereocenters. The number of benzene rings is 1. The number of rotatable bonds is 4. The van der Waals surface area contributed by atoms with Crippen LogP contribution in [0.25, 0.3) is 5.69 Å². The van der Waals surface area contributed by atoms with E-state index in [4.69, 9.17) is 11.6 Å². The molecule has 0 saturated heterocycles. The highest BCUT2D eigenvalue weighted by atomic mass is 35.5. The standard InChI is InChI=1S/C14H16ClN3O/c1-11(15)14(19)17(2)9-12-8-16-18(10-12)13-6-4-3-5-7-13/h3-8,10-11H,9H2,1-2H3. The summed E-state index contributed by atoms with van der Waals surface area (Å²) in [4.78, 5) is 13.3. The summed E-state index contributed by atoms with van der Waals surface area (Å²) in [7, 11) is 1.74. The SMILES string of the molecule is CC(Cl)C(=O)N(C)Cc1cnn(-c2ccccc2)c1. The lowest BCUT2D eigenvalue weighted by Crippen LogP contribution is -2.31. The van der Waals surface area contributed by atoms with Crippen molar-refractivity contribution < 1.29 is 4.79 Å². The van der Waals surface area contributed by atoms with Gasteiger partial charge in [0, 0.05) is 25.4 Å². The molecule has 1 unspecified atom stereocenters. The molecule has 1 aromatic carbocycles. The number of nitrogens with zero attached hydrogens (tertiary/aromatic N) is 3. The second-order valence-corrected chi connectivity index (χ2v) is 5.09. The molecule has 0 aliphatic heterocycles. The first kappa shape index (κ1) is 13.6. The van der Waals surface area contributed by atoms with Gasteiger partial charge in [0.05, 0.1) is 11.9 Å². The molecule has 0 saturated carbocycles. The Balaban J connectivity index is 2.08. The summed E-state index contributed by atoms with van der Waals surface area (Å²) in [6, 6.07) is 9.84. The van der Waals surface area contributed by atoms with Gasteiger partial charge in [-0.15, -0.1) is 11.6 Å². The van der Waals surface area contributed by atoms with E-state index in [0.29, 0.717) is 6.54 Å². The Hall–Kier alpha value is -1.81. The minimum absolute atomic E-state index is 0.0888. The number of carbonyl (C=O) groups excluding carboxylic acids is 1. The Labute approximate surface area is 117 Å². The van der Waals surface area contributed by atoms with Gasteiger partial charge in [-0.25, -0.2) is 4.68 Å². The Bertz CT molecular complexity index is 551. The molecule has 0 bridgehead atoms. The van der Waals surface area contributed by atoms with E-state index >= 15 is 0 Å². The summed E-state index contributed by atoms with van der Waals surface area (Å²) < 4.78 is 1.79. The van der Waals surface area contributed by atoms with Crippen molar-refractivity contribution in [2.75, 3.05) is 7.05 Å². The molecule has 1 amide bonds. The summed E-state index contributed by atoms with van der Waals surface area (Å²) in [5.41, 5.74) is 1.96. The normalized spacial score (nSPS) is 12.2. The van der Waals surface area contributed by atoms with Gasteiger partial charge in [-0.05, 0) is 19.1 Å². The molecule has 1 heterocycles. The first-order valence-electron chi connectivity index (χ1n) is 6.06. The summed E-state index contributed by atoms with van der Waals surface area (Å²) in [6.07, 6.45) is 3.67. The molecule has 2 aromatic rings. The Kier molecular flexibility index (Phi) is 4.22. The number of hydrogen-bond donors (Lipinski definition) is 0. The highest BCUT2D eigenvalue weighted by Gasteiger charge is 2.15. The van der Waals surface area contributed by atoms with Crippen molar-refractivity contribution in [1.29, 1.82) is 0 Å². The number of amides is 1. The first-order valence-corrected chi connectivity index (χ1v) is 6.49. The molecule has 0 spiro atoms. The number of para-hydroxylation sites is 1. The van der Waals surface area contributed by atoms with E-state index in [1.54, 1.807) is 29.7 Å². The van der Waals surface area contributed by atoms with Crippen molar-refractivity contribution in [3.05, 3.63) is 48.3 Å². The van der Waals surface area contributed by atoms with E-state index in [1.807, 2.05) is 36.5 Å². The number of aromatic nitrogens is 2. The number of halogens is 1. The maximum Gasteiger partial charge on any atom is 0.240 e. The van der Waals surface area contributed by atoms with Crippen LogP contribution in [0.1, 0.15) is 12.5 Å². The molecule has 0 radical (unpaired) electrons. The lowest BCUT2D eigenvalue weighted by Gasteiger charge is -2.17. The van der Waals surface area contributed by atoms with E-state index in [2.05, 4.69) is 5.10 Å². The zero-order valence-electron chi connectivity index (χ0n) is 11.0. The van der Waals surface area contributed by atoms with Crippen molar-refractivity contribution in [2.24, 2.45) is 0 Å². The molecule has 0 N–H and O–H groups in total. The third-order valence-corrected chi connectivity index (χ3v) is 2.98. The molecule has 5 heteroatoms. The second-order valence-electron chi connectivity index (χ2n) is 4.44. The van der Waals surface area contributed by atoms with E-state index in [-0.39, 0.29) is 5.91 Å². The molecule has 100 valence electrons. The van der Waals surface area contributed by atoms with E-state index in [9.17, 15) is 4.79 Å². The van der Waals surface area contributed by atoms with Gasteiger partial charge in [0.2, 0.25) is 5.91 Å². The van der Waals surface area contributed by atoms with E-state index in [0.717, 1.165) is 11.3 Å². The minimum atomic E-state index is -0.505. The largest absolute Gasteiger partial charge is 0.340 e. The zero-order valence-corrected chi connectivity index (χ0v) is 11.7. The van der Waals surface area contributed by atoms with Crippen molar-refractivity contribution >= 4 is 17.5 Å². The van der Waals surface area contributed by atoms with Gasteiger partial charge in [-0.1, -0.05) is 18.2 Å². The lowest BCUT2D eigenvalue weighted by atomic mass is 10.3. The summed E-state index contributed by atoms with van der Waals surface area (Å²) >= 11 is 5.78. The molecule has 0 aliphatic rings. The predicted octanol–water partition coefficient (Wildman–Crippen LogP) is 2.46. The predicted molar refractivity (Wildman–Crippen MR) is 75.4 cm³/mol. The third-order valence-electron chi connectivity index (χ3n) is 2.79. The van der Waals surface area contributed by atoms with Crippen molar-refractivity contribution in [2.45, 2.75) is 18.8 Å². The molecular formula is C14H16ClN3O. The third kappa shape index (κ3) is 3.35. The fourth-order valence-electron chi connectivity index (χ4n) is 1.82. The lowest BCUT2D eigenvalue weighted by molar-refractivity contribution is -0.129. The molecule has 0 fully saturated rings. The quantitative estimate of drug-likeness (QED) is 0.805. The highest BCUT2D eigenvalue weighted by molar-refractivity contribution is 6.30. The van der Waals surface area contributed by atoms with Gasteiger partial charge in [0.25, 0.3) is 0 Å². The van der Waals surface area contributed by atoms with Crippen molar-refractivity contribution in [1.82, 2.24) is 14.7 Å². The van der Waals surface area contributed by atoms with Crippen LogP contribution in [-0.2, 0) is 11.3 Å². The summed E-state index contributed by atoms with van der Waals surface area (Å²) in [6.45, 7) is 2.18. The monoisotopic (exact) mass is 277 g/mol. The average Bonchev–Trinajstić information content (AvgIpc) is 2.87. The topological polar surface area (TPSA) is 38.1 Å². The van der Waals surface area contributed by atoms with Gasteiger partial charge in [0.15, 0.2) is 0 Å². The van der Waals surface area contributed by atoms with E-state index < -0.39 is 5.38 Å². The van der Waals surface area contributed by atoms with Gasteiger partial charge in [-0.2, -0.15) is 5.10 Å². The summed E-state index contributed by atoms with van der Waals surface area (Å²) in [5.74, 6) is -0.0888. The first-order chi connectivity index (χ1) is 9.08. The average molecular weight is 278 g/mol. The smallest absolute Gasteiger partial charge is 0.240 e. The van der Waals surface area contributed by atoms with Crippen LogP contribution in [0.3, 0.4) is 0 Å². The molecule has 19 heavy (non-hydrogen) atoms. The van der Waals surface area contributed by atoms with Gasteiger partial charge in [0.1, 0.15) is 5.38 Å². The van der Waals surface area contributed by atoms with Crippen LogP contribution in [0, 0.1) is 0 Å². The number of hydrogen-bond acceptors (Lipinski definition) is 2. The fourth-order valence-corrected chi connectivity index (χ4v) is 1.99. The molecular weight excluding hydrogens is 262 g/mol. The molecule has 0 aliphatic carbocycles. The van der Waals surface area contributed by atoms with Crippen LogP contribution < -0.4 is 0 Å². The van der Waals surface area contributed by atoms with Crippen molar-refractivity contribution in [3.63, 3.8) is 0 Å². The van der Waals surface area contributed by atoms with E-state index in [1.165, 1.54) is 0 Å². The van der Waals surface area contributed by atoms with Crippen LogP contribution >= 0.6 is 11.6 Å². The molecule has 4 nitrogen and oxygen atoms in total. The van der Waals surface area contributed by atoms with Crippen LogP contribution in [0.15, 0.2) is 42.7 Å². The summed E-state index contributed by atoms with van der Waals surface area (Å²) in [5, 5.41) is 3.78. The number of alkyl halides is 1. The van der Waals surface area contributed by atoms with Gasteiger partial charge in [-0.3, -0.25) is 4.79 Å².